The maximum absolute atomic E-state index is 6.39. The van der Waals surface area contributed by atoms with Crippen LogP contribution in [-0.4, -0.2) is 13.2 Å². The Labute approximate surface area is 152 Å². The lowest BCUT2D eigenvalue weighted by atomic mass is 9.85. The van der Waals surface area contributed by atoms with Crippen molar-refractivity contribution in [3.63, 3.8) is 0 Å². The molecule has 1 atom stereocenters. The Balaban J connectivity index is 1.78. The Morgan fingerprint density at radius 2 is 2.04 bits per heavy atom. The van der Waals surface area contributed by atoms with E-state index < -0.39 is 0 Å². The third kappa shape index (κ3) is 4.05. The number of fused-ring (bicyclic) bond motifs is 1. The normalized spacial score (nSPS) is 15.8. The van der Waals surface area contributed by atoms with Crippen molar-refractivity contribution in [2.75, 3.05) is 13.2 Å². The minimum atomic E-state index is 0.125. The molecule has 130 valence electrons. The number of hydrogen-bond donors (Lipinski definition) is 1. The topological polar surface area (TPSA) is 30.5 Å². The summed E-state index contributed by atoms with van der Waals surface area (Å²) in [5.41, 5.74) is 1.23. The van der Waals surface area contributed by atoms with Crippen molar-refractivity contribution in [2.45, 2.75) is 39.8 Å². The number of halogens is 1. The number of hydrogen-bond acceptors (Lipinski definition) is 4. The molecular weight excluding hydrogens is 342 g/mol. The summed E-state index contributed by atoms with van der Waals surface area (Å²) in [6, 6.07) is 8.58. The summed E-state index contributed by atoms with van der Waals surface area (Å²) in [7, 11) is 0. The van der Waals surface area contributed by atoms with Gasteiger partial charge >= 0.3 is 0 Å². The van der Waals surface area contributed by atoms with Crippen LogP contribution in [0, 0.1) is 5.41 Å². The molecule has 1 aromatic heterocycles. The molecule has 2 aromatic rings. The van der Waals surface area contributed by atoms with Gasteiger partial charge in [-0.05, 0) is 34.6 Å². The summed E-state index contributed by atoms with van der Waals surface area (Å²) in [6.07, 6.45) is 0.878. The molecule has 1 aliphatic rings. The second-order valence-electron chi connectivity index (χ2n) is 7.15. The van der Waals surface area contributed by atoms with Crippen molar-refractivity contribution in [1.82, 2.24) is 5.32 Å². The molecule has 5 heteroatoms. The molecule has 3 rings (SSSR count). The molecule has 0 fully saturated rings. The molecule has 1 aromatic carbocycles. The fraction of sp³-hybridized carbons (Fsp3) is 0.474. The van der Waals surface area contributed by atoms with E-state index >= 15 is 0 Å². The predicted molar refractivity (Wildman–Crippen MR) is 100 cm³/mol. The van der Waals surface area contributed by atoms with Crippen LogP contribution in [0.25, 0.3) is 0 Å². The van der Waals surface area contributed by atoms with Crippen LogP contribution in [0.5, 0.6) is 11.5 Å². The van der Waals surface area contributed by atoms with Gasteiger partial charge < -0.3 is 14.8 Å². The monoisotopic (exact) mass is 365 g/mol. The number of thiophene rings is 1. The van der Waals surface area contributed by atoms with Gasteiger partial charge in [0.05, 0.1) is 18.2 Å². The lowest BCUT2D eigenvalue weighted by Gasteiger charge is -2.31. The van der Waals surface area contributed by atoms with E-state index in [1.54, 1.807) is 11.3 Å². The lowest BCUT2D eigenvalue weighted by Crippen LogP contribution is -2.31. The third-order valence-electron chi connectivity index (χ3n) is 4.07. The summed E-state index contributed by atoms with van der Waals surface area (Å²) >= 11 is 8.18. The smallest absolute Gasteiger partial charge is 0.179 e. The van der Waals surface area contributed by atoms with Crippen molar-refractivity contribution in [3.8, 4) is 11.5 Å². The third-order valence-corrected chi connectivity index (χ3v) is 5.28. The van der Waals surface area contributed by atoms with E-state index in [0.29, 0.717) is 24.0 Å². The minimum Gasteiger partial charge on any atom is -0.489 e. The fourth-order valence-corrected chi connectivity index (χ4v) is 4.23. The van der Waals surface area contributed by atoms with Crippen LogP contribution in [0.15, 0.2) is 29.6 Å². The molecule has 0 aliphatic carbocycles. The van der Waals surface area contributed by atoms with Gasteiger partial charge in [0.15, 0.2) is 11.5 Å². The minimum absolute atomic E-state index is 0.125. The second-order valence-corrected chi connectivity index (χ2v) is 8.54. The highest BCUT2D eigenvalue weighted by molar-refractivity contribution is 7.10. The summed E-state index contributed by atoms with van der Waals surface area (Å²) in [4.78, 5) is 1.35. The summed E-state index contributed by atoms with van der Waals surface area (Å²) in [6.45, 7) is 8.81. The number of ether oxygens (including phenoxy) is 2. The average Bonchev–Trinajstić information content (AvgIpc) is 2.91. The molecule has 2 heterocycles. The number of benzene rings is 1. The van der Waals surface area contributed by atoms with Gasteiger partial charge in [0.25, 0.3) is 0 Å². The number of rotatable bonds is 4. The van der Waals surface area contributed by atoms with Crippen LogP contribution < -0.4 is 14.8 Å². The van der Waals surface area contributed by atoms with Crippen molar-refractivity contribution in [3.05, 3.63) is 45.1 Å². The fourth-order valence-electron chi connectivity index (χ4n) is 2.90. The van der Waals surface area contributed by atoms with Gasteiger partial charge in [-0.2, -0.15) is 0 Å². The summed E-state index contributed by atoms with van der Waals surface area (Å²) in [5.74, 6) is 1.42. The number of nitrogens with one attached hydrogen (secondary N) is 1. The molecular formula is C19H24ClNO2S. The van der Waals surface area contributed by atoms with Crippen LogP contribution >= 0.6 is 22.9 Å². The Morgan fingerprint density at radius 1 is 1.25 bits per heavy atom. The average molecular weight is 366 g/mol. The lowest BCUT2D eigenvalue weighted by molar-refractivity contribution is 0.274. The highest BCUT2D eigenvalue weighted by atomic mass is 35.5. The van der Waals surface area contributed by atoms with Gasteiger partial charge in [0.1, 0.15) is 0 Å². The molecule has 0 radical (unpaired) electrons. The molecule has 0 saturated heterocycles. The van der Waals surface area contributed by atoms with Crippen LogP contribution in [-0.2, 0) is 6.54 Å². The Kier molecular flexibility index (Phi) is 5.38. The zero-order chi connectivity index (χ0) is 17.2. The Hall–Kier alpha value is -1.23. The van der Waals surface area contributed by atoms with Gasteiger partial charge in [-0.15, -0.1) is 11.3 Å². The maximum atomic E-state index is 6.39. The van der Waals surface area contributed by atoms with E-state index in [-0.39, 0.29) is 11.5 Å². The Morgan fingerprint density at radius 3 is 2.75 bits per heavy atom. The van der Waals surface area contributed by atoms with Crippen molar-refractivity contribution in [1.29, 1.82) is 0 Å². The van der Waals surface area contributed by atoms with E-state index in [1.165, 1.54) is 4.88 Å². The predicted octanol–water partition coefficient (Wildman–Crippen LogP) is 5.44. The molecule has 0 saturated carbocycles. The molecule has 0 unspecified atom stereocenters. The van der Waals surface area contributed by atoms with Crippen LogP contribution in [0.2, 0.25) is 5.02 Å². The molecule has 0 amide bonds. The molecule has 0 spiro atoms. The quantitative estimate of drug-likeness (QED) is 0.782. The van der Waals surface area contributed by atoms with Gasteiger partial charge in [0, 0.05) is 23.9 Å². The standard InChI is InChI=1S/C19H24ClNO2S/c1-19(2,3)18(16-6-4-9-24-16)21-12-13-10-14(20)17-15(11-13)22-7-5-8-23-17/h4,6,9-11,18,21H,5,7-8,12H2,1-3H3/t18-/m0/s1. The van der Waals surface area contributed by atoms with E-state index in [4.69, 9.17) is 21.1 Å². The Bertz CT molecular complexity index is 679. The first-order chi connectivity index (χ1) is 11.4. The molecule has 3 nitrogen and oxygen atoms in total. The maximum Gasteiger partial charge on any atom is 0.179 e. The van der Waals surface area contributed by atoms with Crippen LogP contribution in [0.4, 0.5) is 0 Å². The first-order valence-corrected chi connectivity index (χ1v) is 9.56. The second kappa shape index (κ2) is 7.34. The molecule has 1 N–H and O–H groups in total. The summed E-state index contributed by atoms with van der Waals surface area (Å²) < 4.78 is 11.5. The molecule has 0 bridgehead atoms. The van der Waals surface area contributed by atoms with Gasteiger partial charge in [-0.1, -0.05) is 38.4 Å². The highest BCUT2D eigenvalue weighted by Crippen LogP contribution is 2.39. The largest absolute Gasteiger partial charge is 0.489 e. The van der Waals surface area contributed by atoms with Crippen molar-refractivity contribution in [2.24, 2.45) is 5.41 Å². The zero-order valence-corrected chi connectivity index (χ0v) is 16.0. The first-order valence-electron chi connectivity index (χ1n) is 8.30. The van der Waals surface area contributed by atoms with E-state index in [0.717, 1.165) is 24.3 Å². The van der Waals surface area contributed by atoms with Gasteiger partial charge in [-0.3, -0.25) is 0 Å². The SMILES string of the molecule is CC(C)(C)[C@@H](NCc1cc(Cl)c2c(c1)OCCCO2)c1cccs1. The van der Waals surface area contributed by atoms with Crippen LogP contribution in [0.3, 0.4) is 0 Å². The molecule has 1 aliphatic heterocycles. The van der Waals surface area contributed by atoms with Gasteiger partial charge in [0.2, 0.25) is 0 Å². The molecule has 24 heavy (non-hydrogen) atoms. The first kappa shape index (κ1) is 17.6. The van der Waals surface area contributed by atoms with Crippen LogP contribution in [0.1, 0.15) is 43.7 Å². The highest BCUT2D eigenvalue weighted by Gasteiger charge is 2.27. The van der Waals surface area contributed by atoms with Crippen molar-refractivity contribution >= 4 is 22.9 Å². The van der Waals surface area contributed by atoms with E-state index in [9.17, 15) is 0 Å². The van der Waals surface area contributed by atoms with Crippen molar-refractivity contribution < 1.29 is 9.47 Å². The zero-order valence-electron chi connectivity index (χ0n) is 14.4. The van der Waals surface area contributed by atoms with Gasteiger partial charge in [-0.25, -0.2) is 0 Å². The summed E-state index contributed by atoms with van der Waals surface area (Å²) in [5, 5.41) is 6.43. The van der Waals surface area contributed by atoms with E-state index in [1.807, 2.05) is 12.1 Å². The van der Waals surface area contributed by atoms with E-state index in [2.05, 4.69) is 43.6 Å².